The molecule has 0 saturated heterocycles. The molecule has 0 aliphatic heterocycles. The average molecular weight is 186 g/mol. The predicted molar refractivity (Wildman–Crippen MR) is 55.5 cm³/mol. The second-order valence-electron chi connectivity index (χ2n) is 2.81. The lowest BCUT2D eigenvalue weighted by molar-refractivity contribution is 0.557. The van der Waals surface area contributed by atoms with Crippen LogP contribution in [-0.4, -0.2) is 5.84 Å². The molecular weight excluding hydrogens is 176 g/mol. The Kier molecular flexibility index (Phi) is 2.32. The molecule has 1 aromatic heterocycles. The Morgan fingerprint density at radius 3 is 2.50 bits per heavy atom. The molecule has 0 radical (unpaired) electrons. The summed E-state index contributed by atoms with van der Waals surface area (Å²) in [5.41, 5.74) is 6.55. The number of hydrogen-bond donors (Lipinski definition) is 1. The Balaban J connectivity index is 2.28. The van der Waals surface area contributed by atoms with E-state index in [9.17, 15) is 0 Å². The molecule has 70 valence electrons. The molecule has 0 unspecified atom stereocenters. The van der Waals surface area contributed by atoms with Crippen molar-refractivity contribution >= 4 is 11.5 Å². The van der Waals surface area contributed by atoms with Crippen molar-refractivity contribution in [3.8, 4) is 0 Å². The molecule has 3 heteroatoms. The van der Waals surface area contributed by atoms with Crippen LogP contribution in [0.4, 0.5) is 5.69 Å². The van der Waals surface area contributed by atoms with Crippen molar-refractivity contribution in [2.75, 3.05) is 0 Å². The maximum absolute atomic E-state index is 5.73. The summed E-state index contributed by atoms with van der Waals surface area (Å²) in [5, 5.41) is 0. The summed E-state index contributed by atoms with van der Waals surface area (Å²) in [6.07, 6.45) is 1.57. The quantitative estimate of drug-likeness (QED) is 0.578. The second-order valence-corrected chi connectivity index (χ2v) is 2.81. The van der Waals surface area contributed by atoms with E-state index >= 15 is 0 Å². The normalized spacial score (nSPS) is 11.6. The second kappa shape index (κ2) is 3.79. The molecular formula is C11H10N2O. The van der Waals surface area contributed by atoms with Crippen LogP contribution in [0.5, 0.6) is 0 Å². The van der Waals surface area contributed by atoms with E-state index < -0.39 is 0 Å². The van der Waals surface area contributed by atoms with Crippen molar-refractivity contribution < 1.29 is 4.42 Å². The summed E-state index contributed by atoms with van der Waals surface area (Å²) in [7, 11) is 0. The van der Waals surface area contributed by atoms with E-state index in [0.29, 0.717) is 11.6 Å². The average Bonchev–Trinajstić information content (AvgIpc) is 2.72. The number of amidine groups is 1. The summed E-state index contributed by atoms with van der Waals surface area (Å²) in [6.45, 7) is 0. The Hall–Kier alpha value is -2.03. The monoisotopic (exact) mass is 186 g/mol. The first-order chi connectivity index (χ1) is 6.86. The van der Waals surface area contributed by atoms with Crippen LogP contribution < -0.4 is 5.73 Å². The van der Waals surface area contributed by atoms with Crippen molar-refractivity contribution in [3.05, 3.63) is 54.5 Å². The van der Waals surface area contributed by atoms with Crippen LogP contribution in [0.1, 0.15) is 5.76 Å². The third-order valence-electron chi connectivity index (χ3n) is 1.78. The lowest BCUT2D eigenvalue weighted by Gasteiger charge is -1.95. The standard InChI is InChI=1S/C11H10N2O/c12-11(10-7-4-8-14-10)13-9-5-2-1-3-6-9/h1-8H,(H2,12,13). The number of rotatable bonds is 2. The van der Waals surface area contributed by atoms with Gasteiger partial charge in [-0.3, -0.25) is 0 Å². The Morgan fingerprint density at radius 1 is 1.07 bits per heavy atom. The lowest BCUT2D eigenvalue weighted by Crippen LogP contribution is -2.11. The van der Waals surface area contributed by atoms with E-state index in [-0.39, 0.29) is 0 Å². The number of para-hydroxylation sites is 1. The molecule has 2 aromatic rings. The van der Waals surface area contributed by atoms with Crippen LogP contribution in [-0.2, 0) is 0 Å². The van der Waals surface area contributed by atoms with Crippen LogP contribution in [0.2, 0.25) is 0 Å². The van der Waals surface area contributed by atoms with Crippen molar-refractivity contribution in [1.29, 1.82) is 0 Å². The van der Waals surface area contributed by atoms with E-state index in [1.807, 2.05) is 30.3 Å². The first-order valence-electron chi connectivity index (χ1n) is 4.29. The maximum Gasteiger partial charge on any atom is 0.168 e. The van der Waals surface area contributed by atoms with Gasteiger partial charge in [-0.15, -0.1) is 0 Å². The van der Waals surface area contributed by atoms with E-state index in [1.54, 1.807) is 18.4 Å². The van der Waals surface area contributed by atoms with Gasteiger partial charge in [0, 0.05) is 0 Å². The summed E-state index contributed by atoms with van der Waals surface area (Å²) in [6, 6.07) is 13.1. The summed E-state index contributed by atoms with van der Waals surface area (Å²) < 4.78 is 5.11. The number of hydrogen-bond acceptors (Lipinski definition) is 2. The largest absolute Gasteiger partial charge is 0.461 e. The maximum atomic E-state index is 5.73. The summed E-state index contributed by atoms with van der Waals surface area (Å²) in [5.74, 6) is 0.982. The number of benzene rings is 1. The highest BCUT2D eigenvalue weighted by molar-refractivity contribution is 5.96. The Bertz CT molecular complexity index is 418. The molecule has 0 spiro atoms. The molecule has 0 fully saturated rings. The third kappa shape index (κ3) is 1.82. The van der Waals surface area contributed by atoms with Crippen molar-refractivity contribution in [1.82, 2.24) is 0 Å². The minimum Gasteiger partial charge on any atom is -0.461 e. The zero-order chi connectivity index (χ0) is 9.80. The van der Waals surface area contributed by atoms with Gasteiger partial charge in [-0.25, -0.2) is 4.99 Å². The minimum absolute atomic E-state index is 0.390. The predicted octanol–water partition coefficient (Wildman–Crippen LogP) is 2.32. The fraction of sp³-hybridized carbons (Fsp3) is 0. The molecule has 2 rings (SSSR count). The summed E-state index contributed by atoms with van der Waals surface area (Å²) >= 11 is 0. The molecule has 3 nitrogen and oxygen atoms in total. The fourth-order valence-electron chi connectivity index (χ4n) is 1.12. The van der Waals surface area contributed by atoms with E-state index in [1.165, 1.54) is 0 Å². The van der Waals surface area contributed by atoms with Gasteiger partial charge in [0.15, 0.2) is 11.6 Å². The molecule has 1 heterocycles. The molecule has 1 aromatic carbocycles. The molecule has 2 N–H and O–H groups in total. The molecule has 0 amide bonds. The van der Waals surface area contributed by atoms with Gasteiger partial charge in [-0.1, -0.05) is 18.2 Å². The lowest BCUT2D eigenvalue weighted by atomic mass is 10.3. The van der Waals surface area contributed by atoms with Crippen LogP contribution >= 0.6 is 0 Å². The molecule has 0 atom stereocenters. The molecule has 0 bridgehead atoms. The number of aliphatic imine (C=N–C) groups is 1. The van der Waals surface area contributed by atoms with Crippen LogP contribution in [0.3, 0.4) is 0 Å². The topological polar surface area (TPSA) is 51.5 Å². The zero-order valence-electron chi connectivity index (χ0n) is 7.55. The van der Waals surface area contributed by atoms with Gasteiger partial charge >= 0.3 is 0 Å². The smallest absolute Gasteiger partial charge is 0.168 e. The molecule has 0 aliphatic rings. The van der Waals surface area contributed by atoms with Gasteiger partial charge in [0.2, 0.25) is 0 Å². The van der Waals surface area contributed by atoms with Gasteiger partial charge in [0.1, 0.15) is 0 Å². The third-order valence-corrected chi connectivity index (χ3v) is 1.78. The zero-order valence-corrected chi connectivity index (χ0v) is 7.55. The number of nitrogens with two attached hydrogens (primary N) is 1. The van der Waals surface area contributed by atoms with Gasteiger partial charge in [-0.05, 0) is 24.3 Å². The molecule has 0 aliphatic carbocycles. The Labute approximate surface area is 81.9 Å². The van der Waals surface area contributed by atoms with Crippen molar-refractivity contribution in [2.24, 2.45) is 10.7 Å². The highest BCUT2D eigenvalue weighted by Gasteiger charge is 2.00. The van der Waals surface area contributed by atoms with Gasteiger partial charge < -0.3 is 10.2 Å². The highest BCUT2D eigenvalue weighted by Crippen LogP contribution is 2.11. The highest BCUT2D eigenvalue weighted by atomic mass is 16.3. The first-order valence-corrected chi connectivity index (χ1v) is 4.29. The van der Waals surface area contributed by atoms with Crippen LogP contribution in [0.15, 0.2) is 58.1 Å². The van der Waals surface area contributed by atoms with Crippen molar-refractivity contribution in [2.45, 2.75) is 0 Å². The molecule has 14 heavy (non-hydrogen) atoms. The SMILES string of the molecule is NC(=Nc1ccccc1)c1ccco1. The van der Waals surface area contributed by atoms with E-state index in [4.69, 9.17) is 10.2 Å². The van der Waals surface area contributed by atoms with E-state index in [0.717, 1.165) is 5.69 Å². The van der Waals surface area contributed by atoms with Crippen molar-refractivity contribution in [3.63, 3.8) is 0 Å². The molecule has 0 saturated carbocycles. The van der Waals surface area contributed by atoms with Gasteiger partial charge in [0.05, 0.1) is 12.0 Å². The van der Waals surface area contributed by atoms with E-state index in [2.05, 4.69) is 4.99 Å². The minimum atomic E-state index is 0.390. The first kappa shape index (κ1) is 8.56. The van der Waals surface area contributed by atoms with Crippen LogP contribution in [0, 0.1) is 0 Å². The summed E-state index contributed by atoms with van der Waals surface area (Å²) in [4.78, 5) is 4.20. The number of furan rings is 1. The van der Waals surface area contributed by atoms with Crippen LogP contribution in [0.25, 0.3) is 0 Å². The number of nitrogens with zero attached hydrogens (tertiary/aromatic N) is 1. The Morgan fingerprint density at radius 2 is 1.86 bits per heavy atom. The van der Waals surface area contributed by atoms with Gasteiger partial charge in [-0.2, -0.15) is 0 Å². The van der Waals surface area contributed by atoms with Gasteiger partial charge in [0.25, 0.3) is 0 Å². The fourth-order valence-corrected chi connectivity index (χ4v) is 1.12.